The molecule has 0 saturated carbocycles. The molecular formula is C19H15NO3. The number of allylic oxidation sites excluding steroid dienone is 1. The lowest BCUT2D eigenvalue weighted by Crippen LogP contribution is -2.06. The number of benzene rings is 2. The first-order valence-electron chi connectivity index (χ1n) is 7.17. The van der Waals surface area contributed by atoms with Gasteiger partial charge in [0.25, 0.3) is 0 Å². The maximum Gasteiger partial charge on any atom is 0.362 e. The molecule has 0 aliphatic heterocycles. The highest BCUT2D eigenvalue weighted by Crippen LogP contribution is 2.13. The van der Waals surface area contributed by atoms with Crippen molar-refractivity contribution in [2.45, 2.75) is 6.92 Å². The summed E-state index contributed by atoms with van der Waals surface area (Å²) in [5.41, 5.74) is 2.45. The Morgan fingerprint density at radius 1 is 1.17 bits per heavy atom. The van der Waals surface area contributed by atoms with Gasteiger partial charge in [0, 0.05) is 6.08 Å². The van der Waals surface area contributed by atoms with Gasteiger partial charge >= 0.3 is 5.63 Å². The third kappa shape index (κ3) is 3.55. The maximum absolute atomic E-state index is 11.9. The molecule has 1 N–H and O–H groups in total. The van der Waals surface area contributed by atoms with Crippen molar-refractivity contribution in [2.24, 2.45) is 0 Å². The zero-order valence-electron chi connectivity index (χ0n) is 12.6. The highest BCUT2D eigenvalue weighted by Gasteiger charge is 2.05. The molecule has 114 valence electrons. The predicted octanol–water partition coefficient (Wildman–Crippen LogP) is 4.11. The van der Waals surface area contributed by atoms with E-state index in [2.05, 4.69) is 4.98 Å². The lowest BCUT2D eigenvalue weighted by Gasteiger charge is -1.99. The van der Waals surface area contributed by atoms with Gasteiger partial charge in [-0.05, 0) is 36.3 Å². The molecule has 23 heavy (non-hydrogen) atoms. The Hall–Kier alpha value is -3.14. The second kappa shape index (κ2) is 6.32. The van der Waals surface area contributed by atoms with Gasteiger partial charge in [-0.1, -0.05) is 42.5 Å². The van der Waals surface area contributed by atoms with E-state index in [1.807, 2.05) is 49.4 Å². The average Bonchev–Trinajstić information content (AvgIpc) is 2.55. The van der Waals surface area contributed by atoms with Crippen LogP contribution in [-0.2, 0) is 0 Å². The number of aromatic nitrogens is 1. The van der Waals surface area contributed by atoms with E-state index < -0.39 is 5.63 Å². The first-order chi connectivity index (χ1) is 11.1. The van der Waals surface area contributed by atoms with E-state index in [0.717, 1.165) is 11.1 Å². The summed E-state index contributed by atoms with van der Waals surface area (Å²) in [5.74, 6) is -0.0688. The average molecular weight is 305 g/mol. The summed E-state index contributed by atoms with van der Waals surface area (Å²) >= 11 is 0. The quantitative estimate of drug-likeness (QED) is 0.584. The third-order valence-electron chi connectivity index (χ3n) is 3.30. The van der Waals surface area contributed by atoms with Gasteiger partial charge in [-0.15, -0.1) is 0 Å². The molecule has 1 aromatic heterocycles. The number of hydrogen-bond acceptors (Lipinski definition) is 4. The molecule has 0 aliphatic carbocycles. The van der Waals surface area contributed by atoms with Gasteiger partial charge < -0.3 is 9.52 Å². The lowest BCUT2D eigenvalue weighted by molar-refractivity contribution is 0.437. The van der Waals surface area contributed by atoms with Crippen LogP contribution in [0.2, 0.25) is 0 Å². The van der Waals surface area contributed by atoms with E-state index in [1.54, 1.807) is 12.1 Å². The van der Waals surface area contributed by atoms with E-state index in [4.69, 9.17) is 4.42 Å². The summed E-state index contributed by atoms with van der Waals surface area (Å²) in [6, 6.07) is 14.9. The first kappa shape index (κ1) is 14.8. The molecule has 0 amide bonds. The van der Waals surface area contributed by atoms with Crippen LogP contribution in [0.4, 0.5) is 0 Å². The van der Waals surface area contributed by atoms with Crippen LogP contribution < -0.4 is 5.63 Å². The maximum atomic E-state index is 11.9. The Kier molecular flexibility index (Phi) is 4.06. The summed E-state index contributed by atoms with van der Waals surface area (Å²) in [6.07, 6.45) is 4.56. The minimum absolute atomic E-state index is 0.0679. The van der Waals surface area contributed by atoms with Crippen molar-refractivity contribution in [3.05, 3.63) is 87.6 Å². The molecule has 4 heteroatoms. The van der Waals surface area contributed by atoms with Crippen LogP contribution in [0.15, 0.2) is 69.6 Å². The summed E-state index contributed by atoms with van der Waals surface area (Å²) in [6.45, 7) is 1.93. The number of aliphatic hydroxyl groups excluding tert-OH is 1. The van der Waals surface area contributed by atoms with Gasteiger partial charge in [0.1, 0.15) is 11.3 Å². The zero-order chi connectivity index (χ0) is 16.2. The van der Waals surface area contributed by atoms with Crippen LogP contribution in [0.3, 0.4) is 0 Å². The van der Waals surface area contributed by atoms with Gasteiger partial charge in [0.15, 0.2) is 11.3 Å². The number of aryl methyl sites for hydroxylation is 1. The number of fused-ring (bicyclic) bond motifs is 1. The van der Waals surface area contributed by atoms with Crippen LogP contribution in [0.25, 0.3) is 23.3 Å². The molecule has 0 aliphatic rings. The second-order valence-electron chi connectivity index (χ2n) is 5.17. The molecule has 3 rings (SSSR count). The van der Waals surface area contributed by atoms with Crippen LogP contribution in [0.5, 0.6) is 0 Å². The van der Waals surface area contributed by atoms with Crippen LogP contribution in [0, 0.1) is 6.92 Å². The zero-order valence-corrected chi connectivity index (χ0v) is 12.6. The van der Waals surface area contributed by atoms with Crippen molar-refractivity contribution < 1.29 is 9.52 Å². The normalized spacial score (nSPS) is 12.1. The summed E-state index contributed by atoms with van der Waals surface area (Å²) in [4.78, 5) is 16.2. The Morgan fingerprint density at radius 3 is 2.74 bits per heavy atom. The van der Waals surface area contributed by atoms with E-state index in [-0.39, 0.29) is 11.5 Å². The Morgan fingerprint density at radius 2 is 1.96 bits per heavy atom. The molecule has 0 unspecified atom stereocenters. The number of nitrogens with zero attached hydrogens (tertiary/aromatic N) is 1. The largest absolute Gasteiger partial charge is 0.508 e. The van der Waals surface area contributed by atoms with Crippen molar-refractivity contribution >= 4 is 23.3 Å². The standard InChI is InChI=1S/C19H15NO3/c1-13-7-10-18-16(11-13)20-17(19(22)23-18)12-15(21)9-8-14-5-3-2-4-6-14/h2-12,21H,1H3/b9-8+,15-12+. The number of rotatable bonds is 3. The molecule has 0 radical (unpaired) electrons. The SMILES string of the molecule is Cc1ccc2oc(=O)c(/C=C(O)\C=C\c3ccccc3)nc2c1. The Balaban J connectivity index is 1.94. The molecule has 2 aromatic carbocycles. The summed E-state index contributed by atoms with van der Waals surface area (Å²) in [5, 5.41) is 9.97. The topological polar surface area (TPSA) is 63.3 Å². The summed E-state index contributed by atoms with van der Waals surface area (Å²) < 4.78 is 5.21. The van der Waals surface area contributed by atoms with E-state index in [1.165, 1.54) is 12.2 Å². The highest BCUT2D eigenvalue weighted by molar-refractivity contribution is 5.73. The van der Waals surface area contributed by atoms with Crippen molar-refractivity contribution in [3.8, 4) is 0 Å². The summed E-state index contributed by atoms with van der Waals surface area (Å²) in [7, 11) is 0. The minimum atomic E-state index is -0.582. The fraction of sp³-hybridized carbons (Fsp3) is 0.0526. The van der Waals surface area contributed by atoms with E-state index in [0.29, 0.717) is 11.1 Å². The molecule has 3 aromatic rings. The van der Waals surface area contributed by atoms with Crippen molar-refractivity contribution in [1.29, 1.82) is 0 Å². The molecule has 1 heterocycles. The van der Waals surface area contributed by atoms with Gasteiger partial charge in [0.05, 0.1) is 0 Å². The number of hydrogen-bond donors (Lipinski definition) is 1. The lowest BCUT2D eigenvalue weighted by atomic mass is 10.2. The molecule has 0 bridgehead atoms. The molecular weight excluding hydrogens is 290 g/mol. The van der Waals surface area contributed by atoms with Gasteiger partial charge in [-0.3, -0.25) is 0 Å². The molecule has 0 spiro atoms. The highest BCUT2D eigenvalue weighted by atomic mass is 16.4. The molecule has 0 atom stereocenters. The fourth-order valence-corrected chi connectivity index (χ4v) is 2.15. The van der Waals surface area contributed by atoms with Gasteiger partial charge in [-0.2, -0.15) is 0 Å². The molecule has 0 saturated heterocycles. The van der Waals surface area contributed by atoms with E-state index >= 15 is 0 Å². The molecule has 0 fully saturated rings. The van der Waals surface area contributed by atoms with Gasteiger partial charge in [-0.25, -0.2) is 9.78 Å². The van der Waals surface area contributed by atoms with E-state index in [9.17, 15) is 9.90 Å². The Bertz CT molecular complexity index is 953. The van der Waals surface area contributed by atoms with Crippen LogP contribution in [0.1, 0.15) is 16.8 Å². The third-order valence-corrected chi connectivity index (χ3v) is 3.30. The smallest absolute Gasteiger partial charge is 0.362 e. The molecule has 4 nitrogen and oxygen atoms in total. The minimum Gasteiger partial charge on any atom is -0.508 e. The fourth-order valence-electron chi connectivity index (χ4n) is 2.15. The first-order valence-corrected chi connectivity index (χ1v) is 7.17. The van der Waals surface area contributed by atoms with Crippen molar-refractivity contribution in [3.63, 3.8) is 0 Å². The van der Waals surface area contributed by atoms with Crippen molar-refractivity contribution in [1.82, 2.24) is 4.98 Å². The van der Waals surface area contributed by atoms with Gasteiger partial charge in [0.2, 0.25) is 0 Å². The Labute approximate surface area is 133 Å². The predicted molar refractivity (Wildman–Crippen MR) is 91.1 cm³/mol. The van der Waals surface area contributed by atoms with Crippen molar-refractivity contribution in [2.75, 3.05) is 0 Å². The van der Waals surface area contributed by atoms with Crippen LogP contribution >= 0.6 is 0 Å². The number of aliphatic hydroxyl groups is 1. The van der Waals surface area contributed by atoms with Crippen LogP contribution in [-0.4, -0.2) is 10.1 Å². The second-order valence-corrected chi connectivity index (χ2v) is 5.17. The monoisotopic (exact) mass is 305 g/mol.